The van der Waals surface area contributed by atoms with E-state index in [0.717, 1.165) is 24.8 Å². The Morgan fingerprint density at radius 3 is 3.00 bits per heavy atom. The van der Waals surface area contributed by atoms with E-state index in [-0.39, 0.29) is 18.6 Å². The van der Waals surface area contributed by atoms with Crippen molar-refractivity contribution in [3.8, 4) is 0 Å². The van der Waals surface area contributed by atoms with Crippen molar-refractivity contribution in [2.75, 3.05) is 19.8 Å². The number of benzene rings is 1. The predicted molar refractivity (Wildman–Crippen MR) is 75.0 cm³/mol. The standard InChI is InChI=1S/C16H19NO3/c18-11-14-13-6-2-1-5-12(13)8-9-17(14)16(19)15-7-3-4-10-20-15/h1-2,5-7,14,18H,3-4,8-11H2/t14-/m1/s1. The Morgan fingerprint density at radius 2 is 2.25 bits per heavy atom. The smallest absolute Gasteiger partial charge is 0.289 e. The van der Waals surface area contributed by atoms with Crippen molar-refractivity contribution in [1.29, 1.82) is 0 Å². The minimum Gasteiger partial charge on any atom is -0.488 e. The maximum Gasteiger partial charge on any atom is 0.289 e. The fraction of sp³-hybridized carbons (Fsp3) is 0.438. The average molecular weight is 273 g/mol. The van der Waals surface area contributed by atoms with Gasteiger partial charge in [-0.1, -0.05) is 24.3 Å². The highest BCUT2D eigenvalue weighted by Crippen LogP contribution is 2.30. The normalized spacial score (nSPS) is 21.8. The molecular weight excluding hydrogens is 254 g/mol. The van der Waals surface area contributed by atoms with E-state index < -0.39 is 0 Å². The summed E-state index contributed by atoms with van der Waals surface area (Å²) in [5, 5.41) is 9.70. The molecule has 1 amide bonds. The van der Waals surface area contributed by atoms with Crippen LogP contribution in [-0.2, 0) is 16.0 Å². The molecule has 1 aromatic rings. The zero-order valence-electron chi connectivity index (χ0n) is 11.4. The van der Waals surface area contributed by atoms with Gasteiger partial charge in [0.1, 0.15) is 0 Å². The van der Waals surface area contributed by atoms with Crippen molar-refractivity contribution in [3.63, 3.8) is 0 Å². The molecule has 0 radical (unpaired) electrons. The van der Waals surface area contributed by atoms with E-state index in [1.165, 1.54) is 5.56 Å². The molecule has 0 saturated carbocycles. The summed E-state index contributed by atoms with van der Waals surface area (Å²) < 4.78 is 5.46. The van der Waals surface area contributed by atoms with Crippen LogP contribution in [0.15, 0.2) is 36.1 Å². The van der Waals surface area contributed by atoms with Crippen LogP contribution in [0.4, 0.5) is 0 Å². The van der Waals surface area contributed by atoms with E-state index in [1.807, 2.05) is 24.3 Å². The van der Waals surface area contributed by atoms with Crippen molar-refractivity contribution in [1.82, 2.24) is 4.90 Å². The number of carbonyl (C=O) groups excluding carboxylic acids is 1. The molecule has 1 aromatic carbocycles. The first-order valence-electron chi connectivity index (χ1n) is 7.14. The number of amides is 1. The fourth-order valence-electron chi connectivity index (χ4n) is 2.94. The Kier molecular flexibility index (Phi) is 3.74. The third-order valence-corrected chi connectivity index (χ3v) is 3.99. The van der Waals surface area contributed by atoms with Crippen molar-refractivity contribution in [3.05, 3.63) is 47.2 Å². The number of nitrogens with zero attached hydrogens (tertiary/aromatic N) is 1. The number of carbonyl (C=O) groups is 1. The zero-order chi connectivity index (χ0) is 13.9. The van der Waals surface area contributed by atoms with Crippen LogP contribution in [-0.4, -0.2) is 35.7 Å². The maximum absolute atomic E-state index is 12.6. The monoisotopic (exact) mass is 273 g/mol. The number of hydrogen-bond donors (Lipinski definition) is 1. The van der Waals surface area contributed by atoms with Crippen LogP contribution in [0.1, 0.15) is 30.0 Å². The van der Waals surface area contributed by atoms with Gasteiger partial charge in [0.2, 0.25) is 0 Å². The summed E-state index contributed by atoms with van der Waals surface area (Å²) in [6, 6.07) is 7.74. The third-order valence-electron chi connectivity index (χ3n) is 3.99. The van der Waals surface area contributed by atoms with Gasteiger partial charge in [-0.15, -0.1) is 0 Å². The van der Waals surface area contributed by atoms with Crippen LogP contribution in [0.2, 0.25) is 0 Å². The number of rotatable bonds is 2. The molecule has 0 spiro atoms. The number of aliphatic hydroxyl groups is 1. The highest BCUT2D eigenvalue weighted by Gasteiger charge is 2.32. The Morgan fingerprint density at radius 1 is 1.40 bits per heavy atom. The van der Waals surface area contributed by atoms with E-state index in [2.05, 4.69) is 6.07 Å². The molecule has 2 aliphatic rings. The van der Waals surface area contributed by atoms with Gasteiger partial charge >= 0.3 is 0 Å². The average Bonchev–Trinajstić information content (AvgIpc) is 2.54. The molecule has 0 unspecified atom stereocenters. The summed E-state index contributed by atoms with van der Waals surface area (Å²) in [5.41, 5.74) is 2.26. The molecule has 2 heterocycles. The number of aliphatic hydroxyl groups excluding tert-OH is 1. The molecule has 20 heavy (non-hydrogen) atoms. The van der Waals surface area contributed by atoms with E-state index in [4.69, 9.17) is 4.74 Å². The van der Waals surface area contributed by atoms with E-state index in [9.17, 15) is 9.90 Å². The Labute approximate surface area is 118 Å². The first kappa shape index (κ1) is 13.2. The zero-order valence-corrected chi connectivity index (χ0v) is 11.4. The van der Waals surface area contributed by atoms with Gasteiger partial charge in [0, 0.05) is 6.54 Å². The first-order chi connectivity index (χ1) is 9.81. The van der Waals surface area contributed by atoms with Crippen LogP contribution >= 0.6 is 0 Å². The number of allylic oxidation sites excluding steroid dienone is 1. The quantitative estimate of drug-likeness (QED) is 0.894. The van der Waals surface area contributed by atoms with Gasteiger partial charge in [0.05, 0.1) is 19.3 Å². The molecule has 1 atom stereocenters. The van der Waals surface area contributed by atoms with Crippen LogP contribution < -0.4 is 0 Å². The van der Waals surface area contributed by atoms with Crippen LogP contribution in [0, 0.1) is 0 Å². The lowest BCUT2D eigenvalue weighted by atomic mass is 9.92. The minimum absolute atomic E-state index is 0.0595. The Hall–Kier alpha value is -1.81. The second kappa shape index (κ2) is 5.67. The highest BCUT2D eigenvalue weighted by molar-refractivity contribution is 5.92. The minimum atomic E-state index is -0.265. The topological polar surface area (TPSA) is 49.8 Å². The Bertz CT molecular complexity index is 538. The van der Waals surface area contributed by atoms with Crippen LogP contribution in [0.5, 0.6) is 0 Å². The Balaban J connectivity index is 1.87. The number of hydrogen-bond acceptors (Lipinski definition) is 3. The molecule has 0 aliphatic carbocycles. The lowest BCUT2D eigenvalue weighted by Gasteiger charge is -2.37. The predicted octanol–water partition coefficient (Wildman–Crippen LogP) is 1.80. The number of fused-ring (bicyclic) bond motifs is 1. The molecule has 0 fully saturated rings. The van der Waals surface area contributed by atoms with Crippen molar-refractivity contribution in [2.24, 2.45) is 0 Å². The van der Waals surface area contributed by atoms with Gasteiger partial charge in [-0.05, 0) is 36.5 Å². The van der Waals surface area contributed by atoms with Gasteiger partial charge in [-0.3, -0.25) is 4.79 Å². The molecular formula is C16H19NO3. The summed E-state index contributed by atoms with van der Waals surface area (Å²) in [6.45, 7) is 1.17. The van der Waals surface area contributed by atoms with E-state index >= 15 is 0 Å². The van der Waals surface area contributed by atoms with Gasteiger partial charge < -0.3 is 14.7 Å². The molecule has 0 saturated heterocycles. The molecule has 1 N–H and O–H groups in total. The molecule has 0 bridgehead atoms. The van der Waals surface area contributed by atoms with Gasteiger partial charge in [0.15, 0.2) is 5.76 Å². The molecule has 2 aliphatic heterocycles. The van der Waals surface area contributed by atoms with Crippen molar-refractivity contribution < 1.29 is 14.6 Å². The SMILES string of the molecule is O=C(C1=CCCCO1)N1CCc2ccccc2[C@H]1CO. The summed E-state index contributed by atoms with van der Waals surface area (Å²) >= 11 is 0. The van der Waals surface area contributed by atoms with Crippen LogP contribution in [0.25, 0.3) is 0 Å². The lowest BCUT2D eigenvalue weighted by molar-refractivity contribution is -0.135. The maximum atomic E-state index is 12.6. The van der Waals surface area contributed by atoms with Crippen molar-refractivity contribution >= 4 is 5.91 Å². The largest absolute Gasteiger partial charge is 0.488 e. The van der Waals surface area contributed by atoms with Gasteiger partial charge in [0.25, 0.3) is 5.91 Å². The molecule has 3 rings (SSSR count). The van der Waals surface area contributed by atoms with Crippen LogP contribution in [0.3, 0.4) is 0 Å². The fourth-order valence-corrected chi connectivity index (χ4v) is 2.94. The second-order valence-electron chi connectivity index (χ2n) is 5.20. The van der Waals surface area contributed by atoms with E-state index in [1.54, 1.807) is 4.90 Å². The lowest BCUT2D eigenvalue weighted by Crippen LogP contribution is -2.42. The number of ether oxygens (including phenoxy) is 1. The summed E-state index contributed by atoms with van der Waals surface area (Å²) in [6.07, 6.45) is 4.53. The van der Waals surface area contributed by atoms with Crippen molar-refractivity contribution in [2.45, 2.75) is 25.3 Å². The van der Waals surface area contributed by atoms with Gasteiger partial charge in [-0.25, -0.2) is 0 Å². The summed E-state index contributed by atoms with van der Waals surface area (Å²) in [4.78, 5) is 14.3. The molecule has 106 valence electrons. The summed E-state index contributed by atoms with van der Waals surface area (Å²) in [7, 11) is 0. The summed E-state index contributed by atoms with van der Waals surface area (Å²) in [5.74, 6) is 0.340. The molecule has 4 nitrogen and oxygen atoms in total. The highest BCUT2D eigenvalue weighted by atomic mass is 16.5. The van der Waals surface area contributed by atoms with E-state index in [0.29, 0.717) is 18.9 Å². The first-order valence-corrected chi connectivity index (χ1v) is 7.14. The van der Waals surface area contributed by atoms with Gasteiger partial charge in [-0.2, -0.15) is 0 Å². The second-order valence-corrected chi connectivity index (χ2v) is 5.20. The molecule has 4 heteroatoms. The third kappa shape index (κ3) is 2.31. The molecule has 0 aromatic heterocycles.